The summed E-state index contributed by atoms with van der Waals surface area (Å²) in [6.45, 7) is 0. The fourth-order valence-corrected chi connectivity index (χ4v) is 7.70. The topological polar surface area (TPSA) is 51.6 Å². The molecule has 0 fully saturated rings. The number of thiazole rings is 2. The molecule has 0 unspecified atom stereocenters. The van der Waals surface area contributed by atoms with Gasteiger partial charge in [0.1, 0.15) is 10.0 Å². The van der Waals surface area contributed by atoms with Crippen molar-refractivity contribution in [1.82, 2.24) is 19.9 Å². The van der Waals surface area contributed by atoms with Gasteiger partial charge in [0.25, 0.3) is 0 Å². The standard InChI is InChI=1S/C42H26N4S2/c1-2-8-27(9-3-1)28-16-18-29(19-17-28)30-20-21-33-34(26-30)40(36-13-7-15-38(46-36)42-44-23-25-48-42)32-11-5-4-10-31(32)39(33)35-12-6-14-37(45-35)41-43-22-24-47-41/h1-26H. The highest BCUT2D eigenvalue weighted by molar-refractivity contribution is 7.13. The Balaban J connectivity index is 1.30. The lowest BCUT2D eigenvalue weighted by Gasteiger charge is -2.18. The van der Waals surface area contributed by atoms with Gasteiger partial charge >= 0.3 is 0 Å². The van der Waals surface area contributed by atoms with Crippen LogP contribution in [0.1, 0.15) is 0 Å². The van der Waals surface area contributed by atoms with Gasteiger partial charge in [-0.15, -0.1) is 22.7 Å². The fourth-order valence-electron chi connectivity index (χ4n) is 6.48. The number of hydrogen-bond acceptors (Lipinski definition) is 6. The summed E-state index contributed by atoms with van der Waals surface area (Å²) < 4.78 is 0. The van der Waals surface area contributed by atoms with Crippen molar-refractivity contribution in [2.75, 3.05) is 0 Å². The normalized spacial score (nSPS) is 11.3. The number of hydrogen-bond donors (Lipinski definition) is 0. The van der Waals surface area contributed by atoms with Crippen molar-refractivity contribution in [2.24, 2.45) is 0 Å². The van der Waals surface area contributed by atoms with Crippen LogP contribution in [-0.4, -0.2) is 19.9 Å². The van der Waals surface area contributed by atoms with Crippen molar-refractivity contribution in [1.29, 1.82) is 0 Å². The van der Waals surface area contributed by atoms with Gasteiger partial charge in [0.05, 0.1) is 22.8 Å². The van der Waals surface area contributed by atoms with E-state index in [1.165, 1.54) is 11.1 Å². The maximum atomic E-state index is 5.21. The first-order chi connectivity index (χ1) is 23.8. The third-order valence-electron chi connectivity index (χ3n) is 8.66. The van der Waals surface area contributed by atoms with Gasteiger partial charge in [0, 0.05) is 34.3 Å². The first kappa shape index (κ1) is 28.4. The molecule has 4 aromatic heterocycles. The second-order valence-electron chi connectivity index (χ2n) is 11.5. The molecular weight excluding hydrogens is 625 g/mol. The molecular formula is C42H26N4S2. The van der Waals surface area contributed by atoms with Crippen LogP contribution in [0.2, 0.25) is 0 Å². The highest BCUT2D eigenvalue weighted by Crippen LogP contribution is 2.44. The zero-order valence-electron chi connectivity index (χ0n) is 25.6. The molecule has 0 spiro atoms. The van der Waals surface area contributed by atoms with E-state index >= 15 is 0 Å². The second kappa shape index (κ2) is 12.1. The molecule has 9 rings (SSSR count). The highest BCUT2D eigenvalue weighted by atomic mass is 32.1. The Hall–Kier alpha value is -5.82. The van der Waals surface area contributed by atoms with Gasteiger partial charge in [-0.3, -0.25) is 0 Å². The van der Waals surface area contributed by atoms with Crippen LogP contribution in [0.25, 0.3) is 87.7 Å². The molecule has 4 nitrogen and oxygen atoms in total. The van der Waals surface area contributed by atoms with E-state index in [9.17, 15) is 0 Å². The molecule has 0 N–H and O–H groups in total. The summed E-state index contributed by atoms with van der Waals surface area (Å²) in [6, 6.07) is 47.2. The molecule has 0 bridgehead atoms. The Bertz CT molecular complexity index is 2540. The fraction of sp³-hybridized carbons (Fsp3) is 0. The van der Waals surface area contributed by atoms with Crippen molar-refractivity contribution in [3.8, 4) is 66.2 Å². The molecule has 48 heavy (non-hydrogen) atoms. The van der Waals surface area contributed by atoms with E-state index in [2.05, 4.69) is 131 Å². The van der Waals surface area contributed by atoms with E-state index in [-0.39, 0.29) is 0 Å². The predicted molar refractivity (Wildman–Crippen MR) is 201 cm³/mol. The number of pyridine rings is 2. The molecule has 226 valence electrons. The summed E-state index contributed by atoms with van der Waals surface area (Å²) in [5, 5.41) is 10.3. The van der Waals surface area contributed by atoms with E-state index < -0.39 is 0 Å². The van der Waals surface area contributed by atoms with E-state index in [1.807, 2.05) is 35.3 Å². The van der Waals surface area contributed by atoms with Gasteiger partial charge in [0.15, 0.2) is 0 Å². The summed E-state index contributed by atoms with van der Waals surface area (Å²) in [4.78, 5) is 19.5. The molecule has 0 radical (unpaired) electrons. The second-order valence-corrected chi connectivity index (χ2v) is 13.3. The van der Waals surface area contributed by atoms with Crippen LogP contribution in [0.5, 0.6) is 0 Å². The number of nitrogens with zero attached hydrogens (tertiary/aromatic N) is 4. The van der Waals surface area contributed by atoms with E-state index in [0.717, 1.165) is 76.6 Å². The van der Waals surface area contributed by atoms with E-state index in [0.29, 0.717) is 0 Å². The van der Waals surface area contributed by atoms with Crippen LogP contribution in [0, 0.1) is 0 Å². The third kappa shape index (κ3) is 5.08. The minimum absolute atomic E-state index is 0.870. The van der Waals surface area contributed by atoms with E-state index in [1.54, 1.807) is 22.7 Å². The molecule has 5 aromatic carbocycles. The van der Waals surface area contributed by atoms with Crippen molar-refractivity contribution in [2.45, 2.75) is 0 Å². The van der Waals surface area contributed by atoms with Crippen LogP contribution in [0.4, 0.5) is 0 Å². The molecule has 0 aliphatic carbocycles. The Kier molecular flexibility index (Phi) is 7.15. The smallest absolute Gasteiger partial charge is 0.141 e. The maximum absolute atomic E-state index is 5.21. The highest BCUT2D eigenvalue weighted by Gasteiger charge is 2.20. The summed E-state index contributed by atoms with van der Waals surface area (Å²) in [6.07, 6.45) is 3.66. The van der Waals surface area contributed by atoms with Crippen molar-refractivity contribution in [3.63, 3.8) is 0 Å². The Labute approximate surface area is 285 Å². The Morgan fingerprint density at radius 1 is 0.354 bits per heavy atom. The van der Waals surface area contributed by atoms with Crippen molar-refractivity contribution in [3.05, 3.63) is 157 Å². The summed E-state index contributed by atoms with van der Waals surface area (Å²) >= 11 is 3.20. The lowest BCUT2D eigenvalue weighted by atomic mass is 9.87. The van der Waals surface area contributed by atoms with Crippen LogP contribution >= 0.6 is 22.7 Å². The number of fused-ring (bicyclic) bond motifs is 2. The van der Waals surface area contributed by atoms with Crippen LogP contribution in [-0.2, 0) is 0 Å². The van der Waals surface area contributed by atoms with Gasteiger partial charge in [-0.2, -0.15) is 0 Å². The predicted octanol–water partition coefficient (Wildman–Crippen LogP) is 11.7. The zero-order chi connectivity index (χ0) is 31.9. The van der Waals surface area contributed by atoms with Crippen molar-refractivity contribution >= 4 is 44.2 Å². The van der Waals surface area contributed by atoms with Gasteiger partial charge in [0.2, 0.25) is 0 Å². The lowest BCUT2D eigenvalue weighted by Crippen LogP contribution is -1.95. The van der Waals surface area contributed by atoms with Gasteiger partial charge in [-0.05, 0) is 74.1 Å². The third-order valence-corrected chi connectivity index (χ3v) is 10.3. The first-order valence-electron chi connectivity index (χ1n) is 15.7. The Morgan fingerprint density at radius 3 is 1.38 bits per heavy atom. The molecule has 0 aliphatic rings. The average molecular weight is 651 g/mol. The minimum Gasteiger partial charge on any atom is -0.245 e. The molecule has 0 saturated heterocycles. The monoisotopic (exact) mass is 650 g/mol. The van der Waals surface area contributed by atoms with Crippen LogP contribution < -0.4 is 0 Å². The molecule has 0 amide bonds. The minimum atomic E-state index is 0.870. The average Bonchev–Trinajstić information content (AvgIpc) is 3.90. The van der Waals surface area contributed by atoms with Crippen molar-refractivity contribution < 1.29 is 0 Å². The summed E-state index contributed by atoms with van der Waals surface area (Å²) in [7, 11) is 0. The number of aromatic nitrogens is 4. The van der Waals surface area contributed by atoms with Crippen LogP contribution in [0.3, 0.4) is 0 Å². The van der Waals surface area contributed by atoms with Crippen LogP contribution in [0.15, 0.2) is 157 Å². The summed E-state index contributed by atoms with van der Waals surface area (Å²) in [5.74, 6) is 0. The number of benzene rings is 5. The number of rotatable bonds is 6. The van der Waals surface area contributed by atoms with Gasteiger partial charge in [-0.25, -0.2) is 19.9 Å². The molecule has 9 aromatic rings. The SMILES string of the molecule is c1ccc(-c2ccc(-c3ccc4c(-c5cccc(-c6nccs6)n5)c5ccccc5c(-c5cccc(-c6nccs6)n5)c4c3)cc2)cc1. The zero-order valence-corrected chi connectivity index (χ0v) is 27.2. The molecule has 0 aliphatic heterocycles. The van der Waals surface area contributed by atoms with Gasteiger partial charge in [-0.1, -0.05) is 103 Å². The lowest BCUT2D eigenvalue weighted by molar-refractivity contribution is 1.29. The quantitative estimate of drug-likeness (QED) is 0.168. The maximum Gasteiger partial charge on any atom is 0.141 e. The molecule has 4 heterocycles. The molecule has 0 atom stereocenters. The van der Waals surface area contributed by atoms with E-state index in [4.69, 9.17) is 9.97 Å². The Morgan fingerprint density at radius 2 is 0.812 bits per heavy atom. The molecule has 0 saturated carbocycles. The largest absolute Gasteiger partial charge is 0.245 e. The van der Waals surface area contributed by atoms with Gasteiger partial charge < -0.3 is 0 Å². The summed E-state index contributed by atoms with van der Waals surface area (Å²) in [5.41, 5.74) is 10.5. The first-order valence-corrected chi connectivity index (χ1v) is 17.4. The molecule has 6 heteroatoms.